The van der Waals surface area contributed by atoms with Gasteiger partial charge in [-0.25, -0.2) is 0 Å². The van der Waals surface area contributed by atoms with Gasteiger partial charge in [0.1, 0.15) is 12.4 Å². The molecule has 120 valence electrons. The molecular formula is C20H17NO2S. The van der Waals surface area contributed by atoms with E-state index in [0.717, 1.165) is 27.4 Å². The van der Waals surface area contributed by atoms with Crippen LogP contribution in [0.1, 0.15) is 21.5 Å². The van der Waals surface area contributed by atoms with E-state index >= 15 is 0 Å². The Balaban J connectivity index is 1.64. The van der Waals surface area contributed by atoms with Gasteiger partial charge in [0.2, 0.25) is 0 Å². The van der Waals surface area contributed by atoms with Gasteiger partial charge < -0.3 is 4.74 Å². The van der Waals surface area contributed by atoms with E-state index in [1.165, 1.54) is 5.56 Å². The lowest BCUT2D eigenvalue weighted by molar-refractivity contribution is 0.112. The second-order valence-electron chi connectivity index (χ2n) is 5.38. The number of aldehydes is 1. The number of aromatic nitrogens is 1. The SMILES string of the molecule is Cc1cccc(OCc2ccc(Sc3ccncc3C=O)cc2)c1. The van der Waals surface area contributed by atoms with Gasteiger partial charge in [-0.15, -0.1) is 0 Å². The molecule has 0 N–H and O–H groups in total. The van der Waals surface area contributed by atoms with Crippen LogP contribution in [0.15, 0.2) is 76.8 Å². The fourth-order valence-electron chi connectivity index (χ4n) is 2.23. The van der Waals surface area contributed by atoms with E-state index < -0.39 is 0 Å². The third kappa shape index (κ3) is 4.24. The highest BCUT2D eigenvalue weighted by atomic mass is 32.2. The summed E-state index contributed by atoms with van der Waals surface area (Å²) < 4.78 is 5.81. The average molecular weight is 335 g/mol. The van der Waals surface area contributed by atoms with E-state index in [1.54, 1.807) is 24.2 Å². The average Bonchev–Trinajstić information content (AvgIpc) is 2.62. The molecule has 0 atom stereocenters. The molecule has 3 rings (SSSR count). The van der Waals surface area contributed by atoms with Crippen LogP contribution in [0, 0.1) is 6.92 Å². The lowest BCUT2D eigenvalue weighted by Gasteiger charge is -2.08. The second kappa shape index (κ2) is 7.79. The lowest BCUT2D eigenvalue weighted by Crippen LogP contribution is -1.95. The first-order valence-electron chi connectivity index (χ1n) is 7.60. The van der Waals surface area contributed by atoms with Crippen LogP contribution in [-0.2, 0) is 6.61 Å². The number of hydrogen-bond acceptors (Lipinski definition) is 4. The van der Waals surface area contributed by atoms with E-state index in [-0.39, 0.29) is 0 Å². The minimum atomic E-state index is 0.531. The first kappa shape index (κ1) is 16.3. The van der Waals surface area contributed by atoms with E-state index in [1.807, 2.05) is 61.5 Å². The molecule has 0 bridgehead atoms. The number of benzene rings is 2. The van der Waals surface area contributed by atoms with Gasteiger partial charge in [0, 0.05) is 27.7 Å². The van der Waals surface area contributed by atoms with Gasteiger partial charge in [-0.2, -0.15) is 0 Å². The van der Waals surface area contributed by atoms with Gasteiger partial charge in [-0.1, -0.05) is 36.0 Å². The van der Waals surface area contributed by atoms with Crippen molar-refractivity contribution in [2.24, 2.45) is 0 Å². The minimum absolute atomic E-state index is 0.531. The van der Waals surface area contributed by atoms with Crippen LogP contribution in [0.2, 0.25) is 0 Å². The summed E-state index contributed by atoms with van der Waals surface area (Å²) in [7, 11) is 0. The molecule has 0 radical (unpaired) electrons. The first-order valence-corrected chi connectivity index (χ1v) is 8.42. The van der Waals surface area contributed by atoms with Crippen LogP contribution in [0.4, 0.5) is 0 Å². The Labute approximate surface area is 145 Å². The summed E-state index contributed by atoms with van der Waals surface area (Å²) in [4.78, 5) is 17.0. The molecule has 0 saturated carbocycles. The monoisotopic (exact) mass is 335 g/mol. The molecule has 0 spiro atoms. The Morgan fingerprint density at radius 3 is 2.71 bits per heavy atom. The molecule has 0 amide bonds. The van der Waals surface area contributed by atoms with E-state index in [9.17, 15) is 4.79 Å². The predicted molar refractivity (Wildman–Crippen MR) is 95.7 cm³/mol. The zero-order valence-corrected chi connectivity index (χ0v) is 14.1. The van der Waals surface area contributed by atoms with Crippen molar-refractivity contribution in [1.82, 2.24) is 4.98 Å². The van der Waals surface area contributed by atoms with E-state index in [2.05, 4.69) is 4.98 Å². The molecule has 1 aromatic heterocycles. The largest absolute Gasteiger partial charge is 0.489 e. The summed E-state index contributed by atoms with van der Waals surface area (Å²) in [6.45, 7) is 2.58. The van der Waals surface area contributed by atoms with Crippen molar-refractivity contribution >= 4 is 18.0 Å². The number of hydrogen-bond donors (Lipinski definition) is 0. The molecule has 0 fully saturated rings. The number of carbonyl (C=O) groups is 1. The molecule has 3 nitrogen and oxygen atoms in total. The smallest absolute Gasteiger partial charge is 0.152 e. The van der Waals surface area contributed by atoms with Crippen molar-refractivity contribution in [2.45, 2.75) is 23.3 Å². The predicted octanol–water partition coefficient (Wildman–Crippen LogP) is 4.93. The number of ether oxygens (including phenoxy) is 1. The second-order valence-corrected chi connectivity index (χ2v) is 6.50. The van der Waals surface area contributed by atoms with Gasteiger partial charge >= 0.3 is 0 Å². The van der Waals surface area contributed by atoms with Gasteiger partial charge in [-0.05, 0) is 48.4 Å². The van der Waals surface area contributed by atoms with Crippen LogP contribution in [-0.4, -0.2) is 11.3 Å². The Bertz CT molecular complexity index is 831. The summed E-state index contributed by atoms with van der Waals surface area (Å²) in [6, 6.07) is 18.0. The third-order valence-corrected chi connectivity index (χ3v) is 4.58. The van der Waals surface area contributed by atoms with Gasteiger partial charge in [-0.3, -0.25) is 9.78 Å². The minimum Gasteiger partial charge on any atom is -0.489 e. The van der Waals surface area contributed by atoms with E-state index in [0.29, 0.717) is 12.2 Å². The quantitative estimate of drug-likeness (QED) is 0.599. The molecule has 0 aliphatic rings. The zero-order valence-electron chi connectivity index (χ0n) is 13.3. The summed E-state index contributed by atoms with van der Waals surface area (Å²) in [6.07, 6.45) is 4.11. The van der Waals surface area contributed by atoms with E-state index in [4.69, 9.17) is 4.74 Å². The van der Waals surface area contributed by atoms with Crippen molar-refractivity contribution < 1.29 is 9.53 Å². The van der Waals surface area contributed by atoms with Gasteiger partial charge in [0.25, 0.3) is 0 Å². The van der Waals surface area contributed by atoms with Crippen molar-refractivity contribution in [2.75, 3.05) is 0 Å². The van der Waals surface area contributed by atoms with Crippen LogP contribution in [0.5, 0.6) is 5.75 Å². The molecule has 0 aliphatic heterocycles. The summed E-state index contributed by atoms with van der Waals surface area (Å²) in [5, 5.41) is 0. The van der Waals surface area contributed by atoms with Crippen molar-refractivity contribution in [1.29, 1.82) is 0 Å². The van der Waals surface area contributed by atoms with Crippen LogP contribution in [0.3, 0.4) is 0 Å². The van der Waals surface area contributed by atoms with Crippen molar-refractivity contribution in [3.63, 3.8) is 0 Å². The molecule has 0 aliphatic carbocycles. The standard InChI is InChI=1S/C20H17NO2S/c1-15-3-2-4-18(11-15)23-14-16-5-7-19(8-6-16)24-20-9-10-21-12-17(20)13-22/h2-13H,14H2,1H3. The molecular weight excluding hydrogens is 318 g/mol. The molecule has 24 heavy (non-hydrogen) atoms. The maximum atomic E-state index is 11.0. The van der Waals surface area contributed by atoms with Crippen LogP contribution in [0.25, 0.3) is 0 Å². The highest BCUT2D eigenvalue weighted by molar-refractivity contribution is 7.99. The summed E-state index contributed by atoms with van der Waals surface area (Å²) in [5.74, 6) is 0.876. The number of nitrogens with zero attached hydrogens (tertiary/aromatic N) is 1. The Hall–Kier alpha value is -2.59. The Morgan fingerprint density at radius 1 is 1.12 bits per heavy atom. The lowest BCUT2D eigenvalue weighted by atomic mass is 10.2. The molecule has 2 aromatic carbocycles. The molecule has 1 heterocycles. The number of aryl methyl sites for hydroxylation is 1. The molecule has 0 saturated heterocycles. The number of carbonyl (C=O) groups excluding carboxylic acids is 1. The fraction of sp³-hybridized carbons (Fsp3) is 0.100. The molecule has 3 aromatic rings. The van der Waals surface area contributed by atoms with Crippen molar-refractivity contribution in [3.05, 3.63) is 83.7 Å². The highest BCUT2D eigenvalue weighted by Crippen LogP contribution is 2.29. The number of pyridine rings is 1. The topological polar surface area (TPSA) is 39.2 Å². The maximum Gasteiger partial charge on any atom is 0.152 e. The Morgan fingerprint density at radius 2 is 1.96 bits per heavy atom. The third-order valence-electron chi connectivity index (χ3n) is 3.48. The summed E-state index contributed by atoms with van der Waals surface area (Å²) in [5.41, 5.74) is 2.89. The zero-order chi connectivity index (χ0) is 16.8. The van der Waals surface area contributed by atoms with Crippen LogP contribution < -0.4 is 4.74 Å². The summed E-state index contributed by atoms with van der Waals surface area (Å²) >= 11 is 1.55. The van der Waals surface area contributed by atoms with Crippen molar-refractivity contribution in [3.8, 4) is 5.75 Å². The molecule has 4 heteroatoms. The highest BCUT2D eigenvalue weighted by Gasteiger charge is 2.04. The first-order chi connectivity index (χ1) is 11.7. The normalized spacial score (nSPS) is 10.4. The van der Waals surface area contributed by atoms with Gasteiger partial charge in [0.15, 0.2) is 6.29 Å². The van der Waals surface area contributed by atoms with Crippen LogP contribution >= 0.6 is 11.8 Å². The fourth-order valence-corrected chi connectivity index (χ4v) is 3.10. The number of rotatable bonds is 6. The Kier molecular flexibility index (Phi) is 5.29. The van der Waals surface area contributed by atoms with Gasteiger partial charge in [0.05, 0.1) is 0 Å². The maximum absolute atomic E-state index is 11.0. The molecule has 0 unspecified atom stereocenters.